The molecule has 2 saturated heterocycles. The Morgan fingerprint density at radius 3 is 3.17 bits per heavy atom. The van der Waals surface area contributed by atoms with Gasteiger partial charge in [-0.05, 0) is 18.9 Å². The second-order valence-electron chi connectivity index (χ2n) is 6.34. The standard InChI is InChI=1S/C17H20N4O3/c22-17(20-16-8-18-3-4-19-16)13-7-15-14(2-6-24-15)21(10-13)9-12-1-5-23-11-12/h1,3-5,8,11,13-15H,2,6-7,9-10H2,(H,19,20,22)/t13-,14+,15+/m1/s1. The fourth-order valence-electron chi connectivity index (χ4n) is 3.63. The maximum atomic E-state index is 12.6. The van der Waals surface area contributed by atoms with Crippen molar-refractivity contribution in [3.8, 4) is 0 Å². The molecule has 0 aliphatic carbocycles. The Balaban J connectivity index is 1.46. The van der Waals surface area contributed by atoms with Crippen molar-refractivity contribution in [2.45, 2.75) is 31.5 Å². The number of carbonyl (C=O) groups is 1. The predicted molar refractivity (Wildman–Crippen MR) is 86.0 cm³/mol. The Morgan fingerprint density at radius 2 is 2.38 bits per heavy atom. The highest BCUT2D eigenvalue weighted by Gasteiger charge is 2.42. The molecule has 2 fully saturated rings. The normalized spacial score (nSPS) is 26.9. The first-order chi connectivity index (χ1) is 11.8. The largest absolute Gasteiger partial charge is 0.472 e. The van der Waals surface area contributed by atoms with Crippen LogP contribution in [0.2, 0.25) is 0 Å². The van der Waals surface area contributed by atoms with E-state index in [9.17, 15) is 4.79 Å². The molecule has 0 unspecified atom stereocenters. The smallest absolute Gasteiger partial charge is 0.230 e. The van der Waals surface area contributed by atoms with E-state index in [2.05, 4.69) is 20.2 Å². The number of piperidine rings is 1. The highest BCUT2D eigenvalue weighted by Crippen LogP contribution is 2.32. The molecule has 4 heterocycles. The van der Waals surface area contributed by atoms with Gasteiger partial charge >= 0.3 is 0 Å². The lowest BCUT2D eigenvalue weighted by molar-refractivity contribution is -0.124. The summed E-state index contributed by atoms with van der Waals surface area (Å²) in [5.74, 6) is 0.332. The first-order valence-corrected chi connectivity index (χ1v) is 8.23. The number of carbonyl (C=O) groups excluding carboxylic acids is 1. The number of aromatic nitrogens is 2. The van der Waals surface area contributed by atoms with E-state index >= 15 is 0 Å². The lowest BCUT2D eigenvalue weighted by Gasteiger charge is -2.40. The number of hydrogen-bond donors (Lipinski definition) is 1. The number of furan rings is 1. The van der Waals surface area contributed by atoms with Crippen LogP contribution in [0.3, 0.4) is 0 Å². The lowest BCUT2D eigenvalue weighted by atomic mass is 9.89. The van der Waals surface area contributed by atoms with Gasteiger partial charge in [-0.3, -0.25) is 14.7 Å². The molecule has 0 saturated carbocycles. The van der Waals surface area contributed by atoms with Crippen molar-refractivity contribution in [2.75, 3.05) is 18.5 Å². The number of likely N-dealkylation sites (tertiary alicyclic amines) is 1. The summed E-state index contributed by atoms with van der Waals surface area (Å²) in [4.78, 5) is 23.1. The topological polar surface area (TPSA) is 80.5 Å². The molecule has 7 nitrogen and oxygen atoms in total. The molecule has 2 aliphatic heterocycles. The van der Waals surface area contributed by atoms with Gasteiger partial charge in [0.2, 0.25) is 5.91 Å². The van der Waals surface area contributed by atoms with Gasteiger partial charge in [0.05, 0.1) is 30.7 Å². The molecule has 0 radical (unpaired) electrons. The van der Waals surface area contributed by atoms with Crippen LogP contribution in [0.15, 0.2) is 41.6 Å². The van der Waals surface area contributed by atoms with E-state index in [0.29, 0.717) is 18.4 Å². The van der Waals surface area contributed by atoms with E-state index in [1.165, 1.54) is 0 Å². The Kier molecular flexibility index (Phi) is 4.27. The second kappa shape index (κ2) is 6.70. The van der Waals surface area contributed by atoms with Gasteiger partial charge in [-0.25, -0.2) is 4.98 Å². The molecule has 126 valence electrons. The van der Waals surface area contributed by atoms with Crippen molar-refractivity contribution in [1.82, 2.24) is 14.9 Å². The fraction of sp³-hybridized carbons (Fsp3) is 0.471. The van der Waals surface area contributed by atoms with Crippen LogP contribution in [0, 0.1) is 5.92 Å². The molecule has 3 atom stereocenters. The number of amides is 1. The maximum Gasteiger partial charge on any atom is 0.230 e. The van der Waals surface area contributed by atoms with Gasteiger partial charge in [0, 0.05) is 43.7 Å². The monoisotopic (exact) mass is 328 g/mol. The molecule has 2 aromatic heterocycles. The van der Waals surface area contributed by atoms with Crippen LogP contribution in [-0.4, -0.2) is 46.1 Å². The van der Waals surface area contributed by atoms with Crippen LogP contribution in [0.25, 0.3) is 0 Å². The minimum Gasteiger partial charge on any atom is -0.472 e. The number of ether oxygens (including phenoxy) is 1. The van der Waals surface area contributed by atoms with Gasteiger partial charge in [0.15, 0.2) is 5.82 Å². The van der Waals surface area contributed by atoms with Crippen molar-refractivity contribution in [3.05, 3.63) is 42.7 Å². The van der Waals surface area contributed by atoms with E-state index in [1.54, 1.807) is 31.1 Å². The summed E-state index contributed by atoms with van der Waals surface area (Å²) in [5, 5.41) is 2.86. The number of rotatable bonds is 4. The summed E-state index contributed by atoms with van der Waals surface area (Å²) >= 11 is 0. The maximum absolute atomic E-state index is 12.6. The summed E-state index contributed by atoms with van der Waals surface area (Å²) in [6.45, 7) is 2.24. The predicted octanol–water partition coefficient (Wildman–Crippen LogP) is 1.69. The minimum atomic E-state index is -0.127. The number of nitrogens with zero attached hydrogens (tertiary/aromatic N) is 3. The van der Waals surface area contributed by atoms with Crippen molar-refractivity contribution >= 4 is 11.7 Å². The third-order valence-corrected chi connectivity index (χ3v) is 4.77. The molecule has 2 aliphatic rings. The van der Waals surface area contributed by atoms with Crippen molar-refractivity contribution < 1.29 is 13.9 Å². The molecule has 24 heavy (non-hydrogen) atoms. The number of anilines is 1. The Hall–Kier alpha value is -2.25. The van der Waals surface area contributed by atoms with E-state index in [1.807, 2.05) is 6.07 Å². The first-order valence-electron chi connectivity index (χ1n) is 8.23. The average molecular weight is 328 g/mol. The zero-order valence-electron chi connectivity index (χ0n) is 13.3. The van der Waals surface area contributed by atoms with Gasteiger partial charge < -0.3 is 14.5 Å². The molecule has 0 aromatic carbocycles. The van der Waals surface area contributed by atoms with Gasteiger partial charge in [-0.15, -0.1) is 0 Å². The zero-order valence-corrected chi connectivity index (χ0v) is 13.3. The van der Waals surface area contributed by atoms with Gasteiger partial charge in [-0.1, -0.05) is 0 Å². The molecular weight excluding hydrogens is 308 g/mol. The Labute approximate surface area is 140 Å². The van der Waals surface area contributed by atoms with Gasteiger partial charge in [0.25, 0.3) is 0 Å². The third-order valence-electron chi connectivity index (χ3n) is 4.77. The van der Waals surface area contributed by atoms with Gasteiger partial charge in [-0.2, -0.15) is 0 Å². The third kappa shape index (κ3) is 3.18. The summed E-state index contributed by atoms with van der Waals surface area (Å²) in [5.41, 5.74) is 1.12. The van der Waals surface area contributed by atoms with Crippen LogP contribution in [0.1, 0.15) is 18.4 Å². The van der Waals surface area contributed by atoms with Crippen LogP contribution in [0.4, 0.5) is 5.82 Å². The highest BCUT2D eigenvalue weighted by atomic mass is 16.5. The van der Waals surface area contributed by atoms with Crippen molar-refractivity contribution in [3.63, 3.8) is 0 Å². The van der Waals surface area contributed by atoms with Crippen LogP contribution >= 0.6 is 0 Å². The number of fused-ring (bicyclic) bond motifs is 1. The van der Waals surface area contributed by atoms with E-state index in [-0.39, 0.29) is 17.9 Å². The summed E-state index contributed by atoms with van der Waals surface area (Å²) in [6.07, 6.45) is 10.0. The molecular formula is C17H20N4O3. The second-order valence-corrected chi connectivity index (χ2v) is 6.34. The van der Waals surface area contributed by atoms with Crippen LogP contribution in [-0.2, 0) is 16.1 Å². The highest BCUT2D eigenvalue weighted by molar-refractivity contribution is 5.91. The quantitative estimate of drug-likeness (QED) is 0.920. The summed E-state index contributed by atoms with van der Waals surface area (Å²) in [6, 6.07) is 2.34. The van der Waals surface area contributed by atoms with E-state index < -0.39 is 0 Å². The zero-order chi connectivity index (χ0) is 16.4. The number of hydrogen-bond acceptors (Lipinski definition) is 6. The molecule has 0 spiro atoms. The molecule has 0 bridgehead atoms. The van der Waals surface area contributed by atoms with E-state index in [4.69, 9.17) is 9.15 Å². The molecule has 1 amide bonds. The summed E-state index contributed by atoms with van der Waals surface area (Å²) in [7, 11) is 0. The fourth-order valence-corrected chi connectivity index (χ4v) is 3.63. The Morgan fingerprint density at radius 1 is 1.42 bits per heavy atom. The summed E-state index contributed by atoms with van der Waals surface area (Å²) < 4.78 is 11.0. The molecule has 7 heteroatoms. The minimum absolute atomic E-state index is 0.0263. The number of nitrogens with one attached hydrogen (secondary N) is 1. The van der Waals surface area contributed by atoms with Crippen LogP contribution in [0.5, 0.6) is 0 Å². The molecule has 2 aromatic rings. The SMILES string of the molecule is O=C(Nc1cnccn1)[C@@H]1C[C@@H]2OCC[C@@H]2N(Cc2ccoc2)C1. The molecule has 1 N–H and O–H groups in total. The van der Waals surface area contributed by atoms with Crippen molar-refractivity contribution in [2.24, 2.45) is 5.92 Å². The average Bonchev–Trinajstić information content (AvgIpc) is 3.27. The van der Waals surface area contributed by atoms with Crippen LogP contribution < -0.4 is 5.32 Å². The van der Waals surface area contributed by atoms with E-state index in [0.717, 1.165) is 31.6 Å². The lowest BCUT2D eigenvalue weighted by Crippen LogP contribution is -2.51. The molecule has 4 rings (SSSR count). The Bertz CT molecular complexity index is 676. The first kappa shape index (κ1) is 15.3. The van der Waals surface area contributed by atoms with Crippen molar-refractivity contribution in [1.29, 1.82) is 0 Å². The van der Waals surface area contributed by atoms with Gasteiger partial charge in [0.1, 0.15) is 0 Å².